The number of aromatic nitrogens is 1. The zero-order valence-corrected chi connectivity index (χ0v) is 13.2. The minimum absolute atomic E-state index is 0.0596. The van der Waals surface area contributed by atoms with Gasteiger partial charge in [0.2, 0.25) is 0 Å². The number of thiazole rings is 1. The van der Waals surface area contributed by atoms with Crippen molar-refractivity contribution in [3.8, 4) is 0 Å². The van der Waals surface area contributed by atoms with Crippen LogP contribution in [0.1, 0.15) is 16.1 Å². The number of hydrogen-bond acceptors (Lipinski definition) is 5. The van der Waals surface area contributed by atoms with Gasteiger partial charge in [-0.05, 0) is 34.5 Å². The predicted molar refractivity (Wildman–Crippen MR) is 81.0 cm³/mol. The number of hydrogen-bond donors (Lipinski definition) is 0. The smallest absolute Gasteiger partial charge is 0.283 e. The molecule has 0 radical (unpaired) electrons. The molecule has 0 saturated carbocycles. The van der Waals surface area contributed by atoms with Gasteiger partial charge in [0, 0.05) is 17.4 Å². The summed E-state index contributed by atoms with van der Waals surface area (Å²) in [4.78, 5) is 15.8. The molecular weight excluding hydrogens is 344 g/mol. The molecule has 0 aliphatic rings. The SMILES string of the molecule is Cc1ncsc1CCOCc1ccc(Br)c([N+](=O)[O-])c1. The second kappa shape index (κ2) is 6.92. The van der Waals surface area contributed by atoms with E-state index in [-0.39, 0.29) is 5.69 Å². The molecule has 0 aliphatic heterocycles. The van der Waals surface area contributed by atoms with Crippen molar-refractivity contribution in [2.45, 2.75) is 20.0 Å². The highest BCUT2D eigenvalue weighted by atomic mass is 79.9. The van der Waals surface area contributed by atoms with Gasteiger partial charge in [-0.15, -0.1) is 11.3 Å². The first kappa shape index (κ1) is 15.1. The Hall–Kier alpha value is -1.31. The van der Waals surface area contributed by atoms with E-state index in [2.05, 4.69) is 20.9 Å². The minimum Gasteiger partial charge on any atom is -0.376 e. The minimum atomic E-state index is -0.408. The van der Waals surface area contributed by atoms with E-state index in [1.165, 1.54) is 10.9 Å². The number of nitrogens with zero attached hydrogens (tertiary/aromatic N) is 2. The molecule has 0 fully saturated rings. The number of nitro benzene ring substituents is 1. The molecule has 5 nitrogen and oxygen atoms in total. The van der Waals surface area contributed by atoms with Gasteiger partial charge in [0.1, 0.15) is 0 Å². The van der Waals surface area contributed by atoms with Crippen LogP contribution in [0.5, 0.6) is 0 Å². The van der Waals surface area contributed by atoms with E-state index < -0.39 is 4.92 Å². The Balaban J connectivity index is 1.87. The van der Waals surface area contributed by atoms with Crippen molar-refractivity contribution in [2.24, 2.45) is 0 Å². The van der Waals surface area contributed by atoms with Gasteiger partial charge in [-0.3, -0.25) is 10.1 Å². The molecule has 0 aliphatic carbocycles. The van der Waals surface area contributed by atoms with Crippen LogP contribution in [0.3, 0.4) is 0 Å². The van der Waals surface area contributed by atoms with Crippen LogP contribution < -0.4 is 0 Å². The number of ether oxygens (including phenoxy) is 1. The predicted octanol–water partition coefficient (Wildman–Crippen LogP) is 3.88. The van der Waals surface area contributed by atoms with Gasteiger partial charge >= 0.3 is 0 Å². The third-order valence-corrected chi connectivity index (χ3v) is 4.46. The third kappa shape index (κ3) is 3.84. The monoisotopic (exact) mass is 356 g/mol. The summed E-state index contributed by atoms with van der Waals surface area (Å²) in [5.41, 5.74) is 3.71. The van der Waals surface area contributed by atoms with E-state index in [1.54, 1.807) is 17.4 Å². The van der Waals surface area contributed by atoms with Gasteiger partial charge in [-0.1, -0.05) is 6.07 Å². The first-order valence-electron chi connectivity index (χ1n) is 5.97. The van der Waals surface area contributed by atoms with Crippen molar-refractivity contribution >= 4 is 33.0 Å². The van der Waals surface area contributed by atoms with Crippen LogP contribution >= 0.6 is 27.3 Å². The van der Waals surface area contributed by atoms with E-state index >= 15 is 0 Å². The maximum atomic E-state index is 10.8. The molecule has 2 aromatic rings. The lowest BCUT2D eigenvalue weighted by molar-refractivity contribution is -0.385. The van der Waals surface area contributed by atoms with Crippen LogP contribution in [-0.4, -0.2) is 16.5 Å². The largest absolute Gasteiger partial charge is 0.376 e. The molecule has 1 heterocycles. The van der Waals surface area contributed by atoms with Gasteiger partial charge in [-0.25, -0.2) is 4.98 Å². The van der Waals surface area contributed by atoms with Gasteiger partial charge in [0.25, 0.3) is 5.69 Å². The number of benzene rings is 1. The first-order chi connectivity index (χ1) is 9.58. The van der Waals surface area contributed by atoms with Gasteiger partial charge in [-0.2, -0.15) is 0 Å². The van der Waals surface area contributed by atoms with Crippen LogP contribution in [0.4, 0.5) is 5.69 Å². The Bertz CT molecular complexity index is 615. The van der Waals surface area contributed by atoms with Crippen molar-refractivity contribution in [2.75, 3.05) is 6.61 Å². The highest BCUT2D eigenvalue weighted by Crippen LogP contribution is 2.25. The fourth-order valence-electron chi connectivity index (χ4n) is 1.71. The highest BCUT2D eigenvalue weighted by Gasteiger charge is 2.12. The quantitative estimate of drug-likeness (QED) is 0.447. The Kier molecular flexibility index (Phi) is 5.22. The lowest BCUT2D eigenvalue weighted by Gasteiger charge is -2.05. The second-order valence-electron chi connectivity index (χ2n) is 4.21. The fourth-order valence-corrected chi connectivity index (χ4v) is 2.86. The highest BCUT2D eigenvalue weighted by molar-refractivity contribution is 9.10. The van der Waals surface area contributed by atoms with Crippen LogP contribution in [0.25, 0.3) is 0 Å². The summed E-state index contributed by atoms with van der Waals surface area (Å²) < 4.78 is 6.04. The van der Waals surface area contributed by atoms with Crippen molar-refractivity contribution in [3.05, 3.63) is 54.4 Å². The van der Waals surface area contributed by atoms with Crippen LogP contribution in [-0.2, 0) is 17.8 Å². The van der Waals surface area contributed by atoms with Crippen molar-refractivity contribution < 1.29 is 9.66 Å². The normalized spacial score (nSPS) is 10.7. The molecule has 1 aromatic heterocycles. The van der Waals surface area contributed by atoms with Crippen LogP contribution in [0.2, 0.25) is 0 Å². The Morgan fingerprint density at radius 3 is 2.95 bits per heavy atom. The molecule has 0 atom stereocenters. The third-order valence-electron chi connectivity index (χ3n) is 2.79. The molecule has 0 spiro atoms. The summed E-state index contributed by atoms with van der Waals surface area (Å²) in [6, 6.07) is 5.02. The van der Waals surface area contributed by atoms with Gasteiger partial charge in [0.05, 0.1) is 33.8 Å². The van der Waals surface area contributed by atoms with E-state index in [0.717, 1.165) is 17.7 Å². The summed E-state index contributed by atoms with van der Waals surface area (Å²) in [6.07, 6.45) is 0.815. The number of aryl methyl sites for hydroxylation is 1. The Labute approximate surface area is 128 Å². The van der Waals surface area contributed by atoms with Crippen LogP contribution in [0, 0.1) is 17.0 Å². The maximum absolute atomic E-state index is 10.8. The molecule has 2 rings (SSSR count). The average Bonchev–Trinajstić information content (AvgIpc) is 2.82. The first-order valence-corrected chi connectivity index (χ1v) is 7.64. The molecule has 0 saturated heterocycles. The van der Waals surface area contributed by atoms with E-state index in [0.29, 0.717) is 17.7 Å². The van der Waals surface area contributed by atoms with Gasteiger partial charge < -0.3 is 4.74 Å². The molecule has 20 heavy (non-hydrogen) atoms. The molecule has 0 N–H and O–H groups in total. The Morgan fingerprint density at radius 2 is 2.30 bits per heavy atom. The number of nitro groups is 1. The van der Waals surface area contributed by atoms with Crippen LogP contribution in [0.15, 0.2) is 28.2 Å². The molecular formula is C13H13BrN2O3S. The number of halogens is 1. The summed E-state index contributed by atoms with van der Waals surface area (Å²) in [6.45, 7) is 2.92. The molecule has 1 aromatic carbocycles. The lowest BCUT2D eigenvalue weighted by Crippen LogP contribution is -2.00. The van der Waals surface area contributed by atoms with Gasteiger partial charge in [0.15, 0.2) is 0 Å². The average molecular weight is 357 g/mol. The van der Waals surface area contributed by atoms with Crippen molar-refractivity contribution in [3.63, 3.8) is 0 Å². The second-order valence-corrected chi connectivity index (χ2v) is 6.00. The molecule has 7 heteroatoms. The van der Waals surface area contributed by atoms with E-state index in [1.807, 2.05) is 18.5 Å². The lowest BCUT2D eigenvalue weighted by atomic mass is 10.2. The molecule has 0 bridgehead atoms. The van der Waals surface area contributed by atoms with E-state index in [9.17, 15) is 10.1 Å². The zero-order valence-electron chi connectivity index (χ0n) is 10.8. The zero-order chi connectivity index (χ0) is 14.5. The topological polar surface area (TPSA) is 65.3 Å². The van der Waals surface area contributed by atoms with E-state index in [4.69, 9.17) is 4.74 Å². The summed E-state index contributed by atoms with van der Waals surface area (Å²) >= 11 is 4.78. The molecule has 106 valence electrons. The fraction of sp³-hybridized carbons (Fsp3) is 0.308. The maximum Gasteiger partial charge on any atom is 0.283 e. The van der Waals surface area contributed by atoms with Crippen molar-refractivity contribution in [1.82, 2.24) is 4.98 Å². The number of rotatable bonds is 6. The standard InChI is InChI=1S/C13H13BrN2O3S/c1-9-13(20-8-15-9)4-5-19-7-10-2-3-11(14)12(6-10)16(17)18/h2-3,6,8H,4-5,7H2,1H3. The van der Waals surface area contributed by atoms with Crippen molar-refractivity contribution in [1.29, 1.82) is 0 Å². The Morgan fingerprint density at radius 1 is 1.50 bits per heavy atom. The molecule has 0 unspecified atom stereocenters. The summed E-state index contributed by atoms with van der Waals surface area (Å²) in [5, 5.41) is 10.8. The summed E-state index contributed by atoms with van der Waals surface area (Å²) in [5.74, 6) is 0. The molecule has 0 amide bonds. The summed E-state index contributed by atoms with van der Waals surface area (Å²) in [7, 11) is 0.